The van der Waals surface area contributed by atoms with Crippen LogP contribution in [-0.2, 0) is 6.54 Å². The molecule has 0 saturated heterocycles. The molecule has 1 aliphatic carbocycles. The van der Waals surface area contributed by atoms with Crippen LogP contribution < -0.4 is 16.0 Å². The predicted molar refractivity (Wildman–Crippen MR) is 107 cm³/mol. The van der Waals surface area contributed by atoms with Gasteiger partial charge in [-0.2, -0.15) is 15.0 Å². The highest BCUT2D eigenvalue weighted by atomic mass is 15.3. The molecule has 0 aliphatic heterocycles. The van der Waals surface area contributed by atoms with E-state index >= 15 is 0 Å². The van der Waals surface area contributed by atoms with Crippen molar-refractivity contribution in [2.24, 2.45) is 5.92 Å². The summed E-state index contributed by atoms with van der Waals surface area (Å²) in [4.78, 5) is 13.6. The molecule has 6 heteroatoms. The molecule has 0 spiro atoms. The first-order valence-electron chi connectivity index (χ1n) is 9.85. The van der Waals surface area contributed by atoms with Crippen LogP contribution in [0.1, 0.15) is 51.0 Å². The van der Waals surface area contributed by atoms with Crippen LogP contribution in [0.15, 0.2) is 30.3 Å². The second-order valence-electron chi connectivity index (χ2n) is 6.96. The van der Waals surface area contributed by atoms with Crippen molar-refractivity contribution < 1.29 is 0 Å². The Morgan fingerprint density at radius 1 is 0.846 bits per heavy atom. The Kier molecular flexibility index (Phi) is 7.05. The summed E-state index contributed by atoms with van der Waals surface area (Å²) < 4.78 is 0. The molecule has 26 heavy (non-hydrogen) atoms. The van der Waals surface area contributed by atoms with Crippen LogP contribution in [0.2, 0.25) is 0 Å². The van der Waals surface area contributed by atoms with E-state index in [1.807, 2.05) is 18.2 Å². The molecule has 1 fully saturated rings. The van der Waals surface area contributed by atoms with Crippen molar-refractivity contribution in [2.75, 3.05) is 29.0 Å². The van der Waals surface area contributed by atoms with Crippen LogP contribution in [0.25, 0.3) is 0 Å². The average molecular weight is 355 g/mol. The molecule has 1 heterocycles. The molecule has 3 N–H and O–H groups in total. The van der Waals surface area contributed by atoms with Crippen LogP contribution in [0, 0.1) is 5.92 Å². The van der Waals surface area contributed by atoms with Crippen molar-refractivity contribution in [3.05, 3.63) is 35.9 Å². The highest BCUT2D eigenvalue weighted by Crippen LogP contribution is 2.23. The molecule has 140 valence electrons. The average Bonchev–Trinajstić information content (AvgIpc) is 2.71. The number of aromatic nitrogens is 3. The minimum absolute atomic E-state index is 0.605. The zero-order valence-corrected chi connectivity index (χ0v) is 15.7. The fraction of sp³-hybridized carbons (Fsp3) is 0.550. The van der Waals surface area contributed by atoms with Gasteiger partial charge < -0.3 is 16.0 Å². The molecule has 1 aliphatic rings. The Labute approximate surface area is 156 Å². The predicted octanol–water partition coefficient (Wildman–Crippen LogP) is 4.30. The topological polar surface area (TPSA) is 74.8 Å². The summed E-state index contributed by atoms with van der Waals surface area (Å²) in [5.74, 6) is 2.62. The number of rotatable bonds is 9. The number of nitrogens with one attached hydrogen (secondary N) is 3. The van der Waals surface area contributed by atoms with Crippen molar-refractivity contribution in [3.8, 4) is 0 Å². The van der Waals surface area contributed by atoms with Gasteiger partial charge in [0.2, 0.25) is 17.8 Å². The maximum absolute atomic E-state index is 4.56. The first kappa shape index (κ1) is 18.4. The Morgan fingerprint density at radius 2 is 1.50 bits per heavy atom. The lowest BCUT2D eigenvalue weighted by Crippen LogP contribution is -2.19. The van der Waals surface area contributed by atoms with Crippen molar-refractivity contribution in [2.45, 2.75) is 52.0 Å². The maximum atomic E-state index is 4.56. The van der Waals surface area contributed by atoms with E-state index in [4.69, 9.17) is 0 Å². The summed E-state index contributed by atoms with van der Waals surface area (Å²) in [6, 6.07) is 10.3. The summed E-state index contributed by atoms with van der Waals surface area (Å²) >= 11 is 0. The smallest absolute Gasteiger partial charge is 0.229 e. The van der Waals surface area contributed by atoms with Gasteiger partial charge in [-0.05, 0) is 30.7 Å². The van der Waals surface area contributed by atoms with Crippen LogP contribution >= 0.6 is 0 Å². The second-order valence-corrected chi connectivity index (χ2v) is 6.96. The lowest BCUT2D eigenvalue weighted by Gasteiger charge is -2.21. The van der Waals surface area contributed by atoms with Gasteiger partial charge in [0.15, 0.2) is 0 Å². The molecular formula is C20H30N6. The molecule has 0 atom stereocenters. The van der Waals surface area contributed by atoms with E-state index in [1.54, 1.807) is 0 Å². The Bertz CT molecular complexity index is 655. The molecule has 1 saturated carbocycles. The molecule has 6 nitrogen and oxygen atoms in total. The van der Waals surface area contributed by atoms with E-state index in [1.165, 1.54) is 37.7 Å². The van der Waals surface area contributed by atoms with Gasteiger partial charge in [0.1, 0.15) is 0 Å². The van der Waals surface area contributed by atoms with E-state index < -0.39 is 0 Å². The molecular weight excluding hydrogens is 324 g/mol. The van der Waals surface area contributed by atoms with Crippen molar-refractivity contribution >= 4 is 17.8 Å². The van der Waals surface area contributed by atoms with Gasteiger partial charge in [-0.15, -0.1) is 0 Å². The number of anilines is 3. The fourth-order valence-electron chi connectivity index (χ4n) is 3.25. The van der Waals surface area contributed by atoms with Gasteiger partial charge in [0.05, 0.1) is 0 Å². The largest absolute Gasteiger partial charge is 0.354 e. The summed E-state index contributed by atoms with van der Waals surface area (Å²) in [7, 11) is 0. The molecule has 0 unspecified atom stereocenters. The van der Waals surface area contributed by atoms with Gasteiger partial charge in [0, 0.05) is 19.6 Å². The van der Waals surface area contributed by atoms with Gasteiger partial charge in [0.25, 0.3) is 0 Å². The maximum Gasteiger partial charge on any atom is 0.229 e. The van der Waals surface area contributed by atoms with Crippen LogP contribution in [0.3, 0.4) is 0 Å². The summed E-state index contributed by atoms with van der Waals surface area (Å²) in [5, 5.41) is 10.0. The lowest BCUT2D eigenvalue weighted by atomic mass is 9.89. The SMILES string of the molecule is CCCNc1nc(NCc2ccccc2)nc(NCC2CCCCC2)n1. The summed E-state index contributed by atoms with van der Waals surface area (Å²) in [5.41, 5.74) is 1.20. The molecule has 1 aromatic carbocycles. The third kappa shape index (κ3) is 5.86. The monoisotopic (exact) mass is 354 g/mol. The minimum Gasteiger partial charge on any atom is -0.354 e. The summed E-state index contributed by atoms with van der Waals surface area (Å²) in [6.07, 6.45) is 7.70. The van der Waals surface area contributed by atoms with Crippen molar-refractivity contribution in [1.29, 1.82) is 0 Å². The number of benzene rings is 1. The lowest BCUT2D eigenvalue weighted by molar-refractivity contribution is 0.373. The van der Waals surface area contributed by atoms with E-state index in [0.29, 0.717) is 24.4 Å². The zero-order valence-electron chi connectivity index (χ0n) is 15.7. The minimum atomic E-state index is 0.605. The van der Waals surface area contributed by atoms with Crippen molar-refractivity contribution in [1.82, 2.24) is 15.0 Å². The highest BCUT2D eigenvalue weighted by Gasteiger charge is 2.14. The van der Waals surface area contributed by atoms with E-state index in [2.05, 4.69) is 50.0 Å². The van der Waals surface area contributed by atoms with Crippen molar-refractivity contribution in [3.63, 3.8) is 0 Å². The molecule has 0 amide bonds. The molecule has 1 aromatic heterocycles. The normalized spacial score (nSPS) is 14.8. The van der Waals surface area contributed by atoms with Crippen LogP contribution in [0.4, 0.5) is 17.8 Å². The van der Waals surface area contributed by atoms with E-state index in [-0.39, 0.29) is 0 Å². The second kappa shape index (κ2) is 9.94. The third-order valence-electron chi connectivity index (χ3n) is 4.74. The Balaban J connectivity index is 1.64. The Morgan fingerprint density at radius 3 is 2.19 bits per heavy atom. The van der Waals surface area contributed by atoms with Crippen LogP contribution in [0.5, 0.6) is 0 Å². The molecule has 0 bridgehead atoms. The van der Waals surface area contributed by atoms with Crippen LogP contribution in [-0.4, -0.2) is 28.0 Å². The Hall–Kier alpha value is -2.37. The first-order valence-corrected chi connectivity index (χ1v) is 9.85. The van der Waals surface area contributed by atoms with E-state index in [0.717, 1.165) is 25.4 Å². The number of nitrogens with zero attached hydrogens (tertiary/aromatic N) is 3. The van der Waals surface area contributed by atoms with Gasteiger partial charge >= 0.3 is 0 Å². The first-order chi connectivity index (χ1) is 12.8. The number of hydrogen-bond donors (Lipinski definition) is 3. The molecule has 2 aromatic rings. The molecule has 0 radical (unpaired) electrons. The standard InChI is InChI=1S/C20H30N6/c1-2-13-21-18-24-19(22-14-16-9-5-3-6-10-16)26-20(25-18)23-15-17-11-7-4-8-12-17/h3,5-6,9-10,17H,2,4,7-8,11-15H2,1H3,(H3,21,22,23,24,25,26). The van der Waals surface area contributed by atoms with Gasteiger partial charge in [-0.25, -0.2) is 0 Å². The zero-order chi connectivity index (χ0) is 18.0. The quantitative estimate of drug-likeness (QED) is 0.623. The highest BCUT2D eigenvalue weighted by molar-refractivity contribution is 5.42. The number of hydrogen-bond acceptors (Lipinski definition) is 6. The van der Waals surface area contributed by atoms with Gasteiger partial charge in [-0.1, -0.05) is 56.5 Å². The summed E-state index contributed by atoms with van der Waals surface area (Å²) in [6.45, 7) is 4.62. The van der Waals surface area contributed by atoms with E-state index in [9.17, 15) is 0 Å². The van der Waals surface area contributed by atoms with Gasteiger partial charge in [-0.3, -0.25) is 0 Å². The third-order valence-corrected chi connectivity index (χ3v) is 4.74. The molecule has 3 rings (SSSR count). The fourth-order valence-corrected chi connectivity index (χ4v) is 3.25.